The van der Waals surface area contributed by atoms with Gasteiger partial charge in [-0.15, -0.1) is 0 Å². The first-order chi connectivity index (χ1) is 22.6. The molecule has 4 aromatic rings. The third kappa shape index (κ3) is 5.34. The number of fused-ring (bicyclic) bond motifs is 8. The molecule has 0 saturated carbocycles. The average Bonchev–Trinajstić information content (AvgIpc) is 3.71. The molecule has 10 nitrogen and oxygen atoms in total. The first-order valence-electron chi connectivity index (χ1n) is 16.3. The lowest BCUT2D eigenvalue weighted by atomic mass is 9.91. The topological polar surface area (TPSA) is 109 Å². The van der Waals surface area contributed by atoms with Crippen LogP contribution in [0, 0.1) is 12.7 Å². The van der Waals surface area contributed by atoms with Crippen molar-refractivity contribution >= 4 is 33.6 Å². The minimum atomic E-state index is -3.22. The van der Waals surface area contributed by atoms with Gasteiger partial charge >= 0.3 is 12.0 Å². The van der Waals surface area contributed by atoms with E-state index in [0.29, 0.717) is 48.7 Å². The van der Waals surface area contributed by atoms with E-state index in [0.717, 1.165) is 30.5 Å². The van der Waals surface area contributed by atoms with Gasteiger partial charge in [-0.05, 0) is 62.8 Å². The van der Waals surface area contributed by atoms with Gasteiger partial charge in [0.1, 0.15) is 35.9 Å². The number of aromatic nitrogens is 5. The zero-order chi connectivity index (χ0) is 32.5. The summed E-state index contributed by atoms with van der Waals surface area (Å²) in [7, 11) is 0. The van der Waals surface area contributed by atoms with E-state index in [1.165, 1.54) is 11.1 Å². The Morgan fingerprint density at radius 3 is 2.83 bits per heavy atom. The van der Waals surface area contributed by atoms with E-state index in [4.69, 9.17) is 9.47 Å². The van der Waals surface area contributed by atoms with Gasteiger partial charge in [0.25, 0.3) is 5.92 Å². The number of benzene rings is 1. The number of nitrogens with zero attached hydrogens (tertiary/aromatic N) is 6. The van der Waals surface area contributed by atoms with E-state index in [1.807, 2.05) is 13.0 Å². The van der Waals surface area contributed by atoms with E-state index in [-0.39, 0.29) is 48.0 Å². The summed E-state index contributed by atoms with van der Waals surface area (Å²) in [6, 6.07) is 1.75. The number of H-pyrrole nitrogens is 1. The van der Waals surface area contributed by atoms with E-state index in [2.05, 4.69) is 30.0 Å². The summed E-state index contributed by atoms with van der Waals surface area (Å²) in [6.45, 7) is 2.28. The fourth-order valence-corrected chi connectivity index (χ4v) is 8.12. The Kier molecular flexibility index (Phi) is 7.26. The number of esters is 1. The molecule has 5 aliphatic rings. The van der Waals surface area contributed by atoms with Crippen LogP contribution in [0.25, 0.3) is 33.1 Å². The average molecular weight is 654 g/mol. The van der Waals surface area contributed by atoms with Crippen LogP contribution in [-0.2, 0) is 16.0 Å². The maximum absolute atomic E-state index is 17.0. The van der Waals surface area contributed by atoms with Crippen molar-refractivity contribution in [3.63, 3.8) is 0 Å². The van der Waals surface area contributed by atoms with Crippen LogP contribution >= 0.6 is 0 Å². The van der Waals surface area contributed by atoms with Crippen LogP contribution in [0.2, 0.25) is 0 Å². The largest absolute Gasteiger partial charge is 0.461 e. The highest BCUT2D eigenvalue weighted by molar-refractivity contribution is 5.99. The summed E-state index contributed by atoms with van der Waals surface area (Å²) in [5.41, 5.74) is 2.40. The molecule has 1 N–H and O–H groups in total. The third-order valence-corrected chi connectivity index (χ3v) is 10.2. The number of piperidine rings is 1. The van der Waals surface area contributed by atoms with Crippen LogP contribution in [0.3, 0.4) is 0 Å². The monoisotopic (exact) mass is 653 g/mol. The molecule has 8 heterocycles. The van der Waals surface area contributed by atoms with Gasteiger partial charge in [-0.2, -0.15) is 15.1 Å². The number of hydrogen-bond donors (Lipinski definition) is 1. The summed E-state index contributed by atoms with van der Waals surface area (Å²) in [5, 5.41) is 7.94. The van der Waals surface area contributed by atoms with Crippen molar-refractivity contribution in [2.24, 2.45) is 0 Å². The van der Waals surface area contributed by atoms with Gasteiger partial charge in [0.05, 0.1) is 42.1 Å². The van der Waals surface area contributed by atoms with Crippen molar-refractivity contribution in [3.8, 4) is 17.3 Å². The van der Waals surface area contributed by atoms with Crippen LogP contribution in [0.5, 0.6) is 6.01 Å². The molecule has 3 atom stereocenters. The van der Waals surface area contributed by atoms with E-state index < -0.39 is 48.5 Å². The summed E-state index contributed by atoms with van der Waals surface area (Å²) in [4.78, 5) is 29.8. The molecule has 14 heteroatoms. The minimum Gasteiger partial charge on any atom is -0.461 e. The maximum Gasteiger partial charge on any atom is 0.319 e. The Hall–Kier alpha value is -4.07. The molecule has 3 fully saturated rings. The highest BCUT2D eigenvalue weighted by Crippen LogP contribution is 2.42. The predicted octanol–water partition coefficient (Wildman–Crippen LogP) is 5.45. The van der Waals surface area contributed by atoms with Crippen LogP contribution in [-0.4, -0.2) is 92.5 Å². The molecule has 1 aromatic carbocycles. The highest BCUT2D eigenvalue weighted by Gasteiger charge is 2.49. The Morgan fingerprint density at radius 2 is 1.96 bits per heavy atom. The predicted molar refractivity (Wildman–Crippen MR) is 165 cm³/mol. The van der Waals surface area contributed by atoms with Gasteiger partial charge in [0.15, 0.2) is 5.82 Å². The van der Waals surface area contributed by atoms with Crippen molar-refractivity contribution in [2.45, 2.75) is 82.0 Å². The lowest BCUT2D eigenvalue weighted by Crippen LogP contribution is -2.51. The first kappa shape index (κ1) is 30.3. The van der Waals surface area contributed by atoms with Crippen LogP contribution in [0.1, 0.15) is 56.1 Å². The summed E-state index contributed by atoms with van der Waals surface area (Å²) in [5.74, 6) is -4.50. The third-order valence-electron chi connectivity index (χ3n) is 10.2. The van der Waals surface area contributed by atoms with E-state index in [1.54, 1.807) is 6.20 Å². The molecular formula is C33H35F4N7O3. The maximum atomic E-state index is 17.0. The van der Waals surface area contributed by atoms with E-state index in [9.17, 15) is 9.18 Å². The van der Waals surface area contributed by atoms with Crippen LogP contribution < -0.4 is 9.64 Å². The van der Waals surface area contributed by atoms with Crippen LogP contribution in [0.4, 0.5) is 23.4 Å². The van der Waals surface area contributed by atoms with Crippen molar-refractivity contribution in [1.29, 1.82) is 0 Å². The Bertz CT molecular complexity index is 1890. The first-order valence-corrected chi connectivity index (χ1v) is 16.3. The number of aromatic amines is 1. The number of alkyl halides is 3. The molecule has 0 aliphatic carbocycles. The quantitative estimate of drug-likeness (QED) is 0.228. The van der Waals surface area contributed by atoms with Crippen LogP contribution in [0.15, 0.2) is 18.5 Å². The zero-order valence-corrected chi connectivity index (χ0v) is 26.0. The van der Waals surface area contributed by atoms with Crippen molar-refractivity contribution in [2.75, 3.05) is 37.7 Å². The molecule has 248 valence electrons. The molecule has 3 saturated heterocycles. The number of rotatable bonds is 3. The molecule has 6 bridgehead atoms. The Balaban J connectivity index is 1.31. The standard InChI is InChI=1S/C33H35F4N7O3/c1-18-9-24-22(13-39-42-24)26-21(18)5-2-3-6-25(45)47-20-11-33(36,37)16-43(15-20)30-23-12-38-29(26)27(35)28(23)40-31(41-30)46-17-32-7-4-8-44(32)14-19(34)10-32/h9,12-13,19-20H,2-8,10-11,14-17H2,1H3,(H,39,42)/t19-,20?,32+/m1/s1. The van der Waals surface area contributed by atoms with Gasteiger partial charge in [-0.25, -0.2) is 17.6 Å². The number of carbonyl (C=O) groups excluding carboxylic acids is 1. The zero-order valence-electron chi connectivity index (χ0n) is 26.0. The second-order valence-corrected chi connectivity index (χ2v) is 13.5. The number of anilines is 1. The molecular weight excluding hydrogens is 618 g/mol. The number of aryl methyl sites for hydroxylation is 1. The van der Waals surface area contributed by atoms with Gasteiger partial charge in [-0.3, -0.25) is 19.8 Å². The van der Waals surface area contributed by atoms with Gasteiger partial charge in [-0.1, -0.05) is 0 Å². The van der Waals surface area contributed by atoms with E-state index >= 15 is 13.2 Å². The summed E-state index contributed by atoms with van der Waals surface area (Å²) >= 11 is 0. The van der Waals surface area contributed by atoms with Gasteiger partial charge < -0.3 is 14.4 Å². The number of pyridine rings is 1. The normalized spacial score (nSPS) is 26.2. The number of carbonyl (C=O) groups is 1. The fraction of sp³-hybridized carbons (Fsp3) is 0.545. The number of hydrogen-bond acceptors (Lipinski definition) is 9. The molecule has 0 spiro atoms. The van der Waals surface area contributed by atoms with Crippen molar-refractivity contribution in [3.05, 3.63) is 35.4 Å². The molecule has 47 heavy (non-hydrogen) atoms. The van der Waals surface area contributed by atoms with Gasteiger partial charge in [0, 0.05) is 36.5 Å². The molecule has 0 amide bonds. The van der Waals surface area contributed by atoms with Crippen molar-refractivity contribution < 1.29 is 31.8 Å². The van der Waals surface area contributed by atoms with Gasteiger partial charge in [0.2, 0.25) is 0 Å². The number of ether oxygens (including phenoxy) is 2. The summed E-state index contributed by atoms with van der Waals surface area (Å²) < 4.78 is 73.6. The lowest BCUT2D eigenvalue weighted by molar-refractivity contribution is -0.154. The van der Waals surface area contributed by atoms with Crippen molar-refractivity contribution in [1.82, 2.24) is 30.0 Å². The number of nitrogens with one attached hydrogen (secondary N) is 1. The highest BCUT2D eigenvalue weighted by atomic mass is 19.3. The second kappa shape index (κ2) is 11.3. The molecule has 5 aliphatic heterocycles. The Labute approximate surface area is 267 Å². The summed E-state index contributed by atoms with van der Waals surface area (Å²) in [6.07, 6.45) is 3.88. The second-order valence-electron chi connectivity index (χ2n) is 13.5. The SMILES string of the molecule is Cc1cc2[nH]ncc2c2c1CCCCC(=O)OC1CN(CC(F)(F)C1)c1nc(OC[C@@]34CCCN3C[C@H](F)C4)nc3c(F)c-2ncc13. The molecule has 1 unspecified atom stereocenters. The molecule has 0 radical (unpaired) electrons. The minimum absolute atomic E-state index is 0.00367. The Morgan fingerprint density at radius 1 is 1.11 bits per heavy atom. The number of halogens is 4. The smallest absolute Gasteiger partial charge is 0.319 e. The lowest BCUT2D eigenvalue weighted by Gasteiger charge is -2.38. The molecule has 3 aromatic heterocycles. The molecule has 9 rings (SSSR count). The fourth-order valence-electron chi connectivity index (χ4n) is 8.12.